The number of aromatic nitrogens is 2. The molecule has 1 aliphatic carbocycles. The molecule has 5 nitrogen and oxygen atoms in total. The van der Waals surface area contributed by atoms with Gasteiger partial charge in [-0.2, -0.15) is 5.10 Å². The van der Waals surface area contributed by atoms with Crippen molar-refractivity contribution in [2.75, 3.05) is 6.54 Å². The lowest BCUT2D eigenvalue weighted by molar-refractivity contribution is 0.0214. The van der Waals surface area contributed by atoms with Gasteiger partial charge in [-0.15, -0.1) is 0 Å². The number of benzene rings is 1. The number of aromatic amines is 1. The molecule has 5 heteroatoms. The molecule has 0 spiro atoms. The van der Waals surface area contributed by atoms with Gasteiger partial charge in [-0.1, -0.05) is 38.0 Å². The van der Waals surface area contributed by atoms with Gasteiger partial charge in [0.25, 0.3) is 11.5 Å². The minimum Gasteiger partial charge on any atom is -0.334 e. The van der Waals surface area contributed by atoms with Crippen LogP contribution in [0.2, 0.25) is 0 Å². The molecule has 1 aromatic heterocycles. The van der Waals surface area contributed by atoms with Crippen LogP contribution in [0.15, 0.2) is 29.1 Å². The zero-order chi connectivity index (χ0) is 16.7. The van der Waals surface area contributed by atoms with E-state index in [-0.39, 0.29) is 11.5 Å². The third-order valence-corrected chi connectivity index (χ3v) is 5.90. The Hall–Kier alpha value is -2.17. The Morgan fingerprint density at radius 3 is 2.75 bits per heavy atom. The Balaban J connectivity index is 1.74. The highest BCUT2D eigenvalue weighted by atomic mass is 16.2. The highest BCUT2D eigenvalue weighted by Crippen LogP contribution is 2.39. The molecule has 0 radical (unpaired) electrons. The maximum absolute atomic E-state index is 13.2. The zero-order valence-corrected chi connectivity index (χ0v) is 14.0. The number of nitrogens with one attached hydrogen (secondary N) is 1. The standard InChI is InChI=1S/C19H23N3O2/c1-12-10-11-22(16-9-5-4-6-13(12)16)19(24)17-14-7-2-3-8-15(14)18(23)21-20-17/h2-3,7-8,12-13,16H,4-6,9-11H2,1H3,(H,21,23). The van der Waals surface area contributed by atoms with Crippen molar-refractivity contribution in [2.45, 2.75) is 45.1 Å². The van der Waals surface area contributed by atoms with Gasteiger partial charge in [0, 0.05) is 18.0 Å². The molecule has 1 aromatic carbocycles. The second kappa shape index (κ2) is 6.04. The summed E-state index contributed by atoms with van der Waals surface area (Å²) in [6.45, 7) is 3.11. The van der Waals surface area contributed by atoms with Crippen LogP contribution in [0, 0.1) is 11.8 Å². The summed E-state index contributed by atoms with van der Waals surface area (Å²) in [6.07, 6.45) is 5.82. The molecule has 2 heterocycles. The molecule has 4 rings (SSSR count). The number of rotatable bonds is 1. The number of carbonyl (C=O) groups is 1. The van der Waals surface area contributed by atoms with Crippen molar-refractivity contribution < 1.29 is 4.79 Å². The van der Waals surface area contributed by atoms with Crippen LogP contribution < -0.4 is 5.56 Å². The number of likely N-dealkylation sites (tertiary alicyclic amines) is 1. The second-order valence-corrected chi connectivity index (χ2v) is 7.23. The summed E-state index contributed by atoms with van der Waals surface area (Å²) in [5.41, 5.74) is 0.133. The first-order valence-electron chi connectivity index (χ1n) is 8.95. The van der Waals surface area contributed by atoms with E-state index in [2.05, 4.69) is 17.1 Å². The summed E-state index contributed by atoms with van der Waals surface area (Å²) in [6, 6.07) is 7.54. The topological polar surface area (TPSA) is 66.1 Å². The van der Waals surface area contributed by atoms with Crippen LogP contribution in [-0.4, -0.2) is 33.6 Å². The summed E-state index contributed by atoms with van der Waals surface area (Å²) in [4.78, 5) is 27.2. The summed E-state index contributed by atoms with van der Waals surface area (Å²) < 4.78 is 0. The Morgan fingerprint density at radius 1 is 1.17 bits per heavy atom. The first kappa shape index (κ1) is 15.4. The Morgan fingerprint density at radius 2 is 1.92 bits per heavy atom. The highest BCUT2D eigenvalue weighted by molar-refractivity contribution is 6.04. The SMILES string of the molecule is CC1CCN(C(=O)c2n[nH]c(=O)c3ccccc23)C2CCCCC12. The molecule has 1 saturated carbocycles. The molecule has 3 atom stereocenters. The van der Waals surface area contributed by atoms with E-state index >= 15 is 0 Å². The number of nitrogens with zero attached hydrogens (tertiary/aromatic N) is 2. The van der Waals surface area contributed by atoms with Gasteiger partial charge < -0.3 is 4.90 Å². The second-order valence-electron chi connectivity index (χ2n) is 7.23. The van der Waals surface area contributed by atoms with E-state index in [9.17, 15) is 9.59 Å². The lowest BCUT2D eigenvalue weighted by Gasteiger charge is -2.47. The number of hydrogen-bond acceptors (Lipinski definition) is 3. The van der Waals surface area contributed by atoms with Crippen molar-refractivity contribution >= 4 is 16.7 Å². The summed E-state index contributed by atoms with van der Waals surface area (Å²) >= 11 is 0. The molecule has 0 bridgehead atoms. The molecule has 126 valence electrons. The lowest BCUT2D eigenvalue weighted by atomic mass is 9.72. The molecule has 3 unspecified atom stereocenters. The zero-order valence-electron chi connectivity index (χ0n) is 14.0. The van der Waals surface area contributed by atoms with Crippen LogP contribution in [0.3, 0.4) is 0 Å². The maximum atomic E-state index is 13.2. The van der Waals surface area contributed by atoms with Crippen LogP contribution in [0.25, 0.3) is 10.8 Å². The molecule has 2 aliphatic rings. The maximum Gasteiger partial charge on any atom is 0.275 e. The number of fused-ring (bicyclic) bond motifs is 2. The fourth-order valence-electron chi connectivity index (χ4n) is 4.58. The molecular formula is C19H23N3O2. The van der Waals surface area contributed by atoms with E-state index in [4.69, 9.17) is 0 Å². The van der Waals surface area contributed by atoms with Gasteiger partial charge in [0.1, 0.15) is 0 Å². The number of piperidine rings is 1. The average Bonchev–Trinajstić information content (AvgIpc) is 2.62. The fourth-order valence-corrected chi connectivity index (χ4v) is 4.58. The number of hydrogen-bond donors (Lipinski definition) is 1. The van der Waals surface area contributed by atoms with E-state index < -0.39 is 0 Å². The molecule has 1 amide bonds. The first-order chi connectivity index (χ1) is 11.7. The molecule has 1 N–H and O–H groups in total. The van der Waals surface area contributed by atoms with E-state index in [1.165, 1.54) is 19.3 Å². The largest absolute Gasteiger partial charge is 0.334 e. The monoisotopic (exact) mass is 325 g/mol. The Bertz CT molecular complexity index is 829. The predicted octanol–water partition coefficient (Wildman–Crippen LogP) is 2.96. The van der Waals surface area contributed by atoms with E-state index in [0.717, 1.165) is 19.4 Å². The lowest BCUT2D eigenvalue weighted by Crippen LogP contribution is -2.52. The summed E-state index contributed by atoms with van der Waals surface area (Å²) in [5.74, 6) is 1.25. The van der Waals surface area contributed by atoms with Gasteiger partial charge in [0.15, 0.2) is 5.69 Å². The van der Waals surface area contributed by atoms with Gasteiger partial charge in [0.2, 0.25) is 0 Å². The normalized spacial score (nSPS) is 27.0. The Kier molecular flexibility index (Phi) is 3.87. The van der Waals surface area contributed by atoms with E-state index in [0.29, 0.717) is 34.3 Å². The summed E-state index contributed by atoms with van der Waals surface area (Å²) in [7, 11) is 0. The van der Waals surface area contributed by atoms with Crippen molar-refractivity contribution in [2.24, 2.45) is 11.8 Å². The van der Waals surface area contributed by atoms with Gasteiger partial charge >= 0.3 is 0 Å². The number of carbonyl (C=O) groups excluding carboxylic acids is 1. The van der Waals surface area contributed by atoms with Gasteiger partial charge in [0.05, 0.1) is 5.39 Å². The fraction of sp³-hybridized carbons (Fsp3) is 0.526. The Labute approximate surface area is 141 Å². The minimum atomic E-state index is -0.245. The van der Waals surface area contributed by atoms with Crippen LogP contribution in [0.5, 0.6) is 0 Å². The van der Waals surface area contributed by atoms with Crippen LogP contribution >= 0.6 is 0 Å². The average molecular weight is 325 g/mol. The molecule has 2 fully saturated rings. The smallest absolute Gasteiger partial charge is 0.275 e. The van der Waals surface area contributed by atoms with E-state index in [1.807, 2.05) is 23.1 Å². The highest BCUT2D eigenvalue weighted by Gasteiger charge is 2.40. The third kappa shape index (κ3) is 2.43. The van der Waals surface area contributed by atoms with Crippen LogP contribution in [0.1, 0.15) is 49.5 Å². The van der Waals surface area contributed by atoms with Crippen molar-refractivity contribution in [1.29, 1.82) is 0 Å². The van der Waals surface area contributed by atoms with Crippen LogP contribution in [-0.2, 0) is 0 Å². The number of H-pyrrole nitrogens is 1. The predicted molar refractivity (Wildman–Crippen MR) is 92.9 cm³/mol. The molecular weight excluding hydrogens is 302 g/mol. The van der Waals surface area contributed by atoms with Gasteiger partial charge in [-0.05, 0) is 37.2 Å². The van der Waals surface area contributed by atoms with Gasteiger partial charge in [-0.25, -0.2) is 5.10 Å². The van der Waals surface area contributed by atoms with Crippen LogP contribution in [0.4, 0.5) is 0 Å². The first-order valence-corrected chi connectivity index (χ1v) is 8.95. The van der Waals surface area contributed by atoms with Crippen molar-refractivity contribution in [1.82, 2.24) is 15.1 Å². The summed E-state index contributed by atoms with van der Waals surface area (Å²) in [5, 5.41) is 7.78. The minimum absolute atomic E-state index is 0.0359. The molecule has 1 saturated heterocycles. The van der Waals surface area contributed by atoms with Gasteiger partial charge in [-0.3, -0.25) is 9.59 Å². The quantitative estimate of drug-likeness (QED) is 0.876. The van der Waals surface area contributed by atoms with Crippen molar-refractivity contribution in [3.05, 3.63) is 40.3 Å². The molecule has 1 aliphatic heterocycles. The van der Waals surface area contributed by atoms with E-state index in [1.54, 1.807) is 6.07 Å². The van der Waals surface area contributed by atoms with Crippen molar-refractivity contribution in [3.63, 3.8) is 0 Å². The molecule has 2 aromatic rings. The third-order valence-electron chi connectivity index (χ3n) is 5.90. The molecule has 24 heavy (non-hydrogen) atoms. The number of amides is 1. The van der Waals surface area contributed by atoms with Crippen molar-refractivity contribution in [3.8, 4) is 0 Å².